The molecule has 4 heteroatoms. The van der Waals surface area contributed by atoms with Crippen molar-refractivity contribution in [1.29, 1.82) is 0 Å². The Morgan fingerprint density at radius 1 is 0.967 bits per heavy atom. The molecule has 1 spiro atoms. The Balaban J connectivity index is 1.45. The zero-order chi connectivity index (χ0) is 20.3. The van der Waals surface area contributed by atoms with E-state index in [0.717, 1.165) is 38.1 Å². The molecule has 0 amide bonds. The summed E-state index contributed by atoms with van der Waals surface area (Å²) in [5.74, 6) is 1.04. The molecule has 1 unspecified atom stereocenters. The molecule has 30 heavy (non-hydrogen) atoms. The highest BCUT2D eigenvalue weighted by atomic mass is 16.5. The maximum atomic E-state index is 6.72. The van der Waals surface area contributed by atoms with Gasteiger partial charge in [0.25, 0.3) is 0 Å². The van der Waals surface area contributed by atoms with Gasteiger partial charge >= 0.3 is 0 Å². The highest BCUT2D eigenvalue weighted by Crippen LogP contribution is 2.50. The lowest BCUT2D eigenvalue weighted by Gasteiger charge is -2.50. The molecule has 3 aromatic rings. The predicted octanol–water partition coefficient (Wildman–Crippen LogP) is 5.11. The fraction of sp³-hybridized carbons (Fsp3) is 0.346. The second kappa shape index (κ2) is 6.58. The lowest BCUT2D eigenvalue weighted by atomic mass is 9.90. The molecule has 3 aliphatic heterocycles. The first-order valence-electron chi connectivity index (χ1n) is 11.0. The Labute approximate surface area is 177 Å². The van der Waals surface area contributed by atoms with Crippen molar-refractivity contribution in [1.82, 2.24) is 9.91 Å². The summed E-state index contributed by atoms with van der Waals surface area (Å²) in [6.45, 7) is 4.22. The third kappa shape index (κ3) is 2.74. The molecular formula is C26H27N3O. The number of ether oxygens (including phenoxy) is 1. The van der Waals surface area contributed by atoms with Gasteiger partial charge in [0.05, 0.1) is 11.8 Å². The van der Waals surface area contributed by atoms with E-state index in [1.807, 2.05) is 0 Å². The van der Waals surface area contributed by atoms with Gasteiger partial charge in [-0.05, 0) is 42.4 Å². The number of hydrogen-bond acceptors (Lipinski definition) is 4. The van der Waals surface area contributed by atoms with Crippen LogP contribution in [0.15, 0.2) is 65.8 Å². The Kier molecular flexibility index (Phi) is 3.94. The molecule has 0 saturated carbocycles. The number of piperidine rings is 1. The van der Waals surface area contributed by atoms with Crippen LogP contribution in [0.4, 0.5) is 0 Å². The van der Waals surface area contributed by atoms with Crippen molar-refractivity contribution in [2.24, 2.45) is 5.10 Å². The fourth-order valence-corrected chi connectivity index (χ4v) is 5.24. The van der Waals surface area contributed by atoms with Crippen molar-refractivity contribution >= 4 is 16.5 Å². The van der Waals surface area contributed by atoms with Gasteiger partial charge in [-0.3, -0.25) is 0 Å². The van der Waals surface area contributed by atoms with E-state index in [-0.39, 0.29) is 11.8 Å². The minimum Gasteiger partial charge on any atom is -0.466 e. The van der Waals surface area contributed by atoms with E-state index in [2.05, 4.69) is 84.5 Å². The average molecular weight is 398 g/mol. The molecule has 3 heterocycles. The second-order valence-corrected chi connectivity index (χ2v) is 9.07. The molecule has 3 aliphatic rings. The summed E-state index contributed by atoms with van der Waals surface area (Å²) in [5, 5.41) is 10.1. The number of nitrogens with zero attached hydrogens (tertiary/aromatic N) is 3. The van der Waals surface area contributed by atoms with E-state index in [9.17, 15) is 0 Å². The minimum absolute atomic E-state index is 0.249. The molecule has 6 rings (SSSR count). The van der Waals surface area contributed by atoms with Gasteiger partial charge in [-0.25, -0.2) is 5.01 Å². The number of aryl methyl sites for hydroxylation is 1. The van der Waals surface area contributed by atoms with Crippen molar-refractivity contribution in [2.45, 2.75) is 38.0 Å². The summed E-state index contributed by atoms with van der Waals surface area (Å²) < 4.78 is 6.72. The monoisotopic (exact) mass is 397 g/mol. The van der Waals surface area contributed by atoms with Gasteiger partial charge in [0.1, 0.15) is 5.75 Å². The Morgan fingerprint density at radius 3 is 2.60 bits per heavy atom. The van der Waals surface area contributed by atoms with Gasteiger partial charge in [0.15, 0.2) is 0 Å². The van der Waals surface area contributed by atoms with E-state index in [1.165, 1.54) is 33.2 Å². The van der Waals surface area contributed by atoms with Crippen LogP contribution in [0.2, 0.25) is 0 Å². The van der Waals surface area contributed by atoms with Gasteiger partial charge in [-0.1, -0.05) is 54.1 Å². The topological polar surface area (TPSA) is 28.1 Å². The quantitative estimate of drug-likeness (QED) is 0.571. The third-order valence-electron chi connectivity index (χ3n) is 7.00. The Hall–Kier alpha value is -2.85. The Morgan fingerprint density at radius 2 is 1.77 bits per heavy atom. The van der Waals surface area contributed by atoms with Crippen LogP contribution in [-0.2, 0) is 0 Å². The van der Waals surface area contributed by atoms with Crippen LogP contribution in [-0.4, -0.2) is 41.5 Å². The standard InChI is InChI=1S/C26H27N3O/c1-18-7-10-25-22(15-18)24-17-23(21-9-8-19-5-3-4-6-20(19)16-21)27-29(24)26(30-25)11-13-28(2)14-12-26/h3-10,15-16,24H,11-14,17H2,1-2H3. The summed E-state index contributed by atoms with van der Waals surface area (Å²) in [4.78, 5) is 2.39. The van der Waals surface area contributed by atoms with Gasteiger partial charge in [0, 0.05) is 37.9 Å². The second-order valence-electron chi connectivity index (χ2n) is 9.07. The van der Waals surface area contributed by atoms with Crippen LogP contribution >= 0.6 is 0 Å². The summed E-state index contributed by atoms with van der Waals surface area (Å²) >= 11 is 0. The van der Waals surface area contributed by atoms with Crippen molar-refractivity contribution in [3.63, 3.8) is 0 Å². The van der Waals surface area contributed by atoms with E-state index in [0.29, 0.717) is 0 Å². The van der Waals surface area contributed by atoms with E-state index < -0.39 is 0 Å². The van der Waals surface area contributed by atoms with Gasteiger partial charge < -0.3 is 9.64 Å². The smallest absolute Gasteiger partial charge is 0.200 e. The highest BCUT2D eigenvalue weighted by molar-refractivity contribution is 6.04. The first-order valence-corrected chi connectivity index (χ1v) is 11.0. The summed E-state index contributed by atoms with van der Waals surface area (Å²) in [6, 6.07) is 22.1. The summed E-state index contributed by atoms with van der Waals surface area (Å²) in [6.07, 6.45) is 2.87. The third-order valence-corrected chi connectivity index (χ3v) is 7.00. The number of benzene rings is 3. The number of rotatable bonds is 1. The van der Waals surface area contributed by atoms with Crippen LogP contribution in [0.25, 0.3) is 10.8 Å². The number of likely N-dealkylation sites (tertiary alicyclic amines) is 1. The summed E-state index contributed by atoms with van der Waals surface area (Å²) in [7, 11) is 2.19. The molecule has 0 bridgehead atoms. The minimum atomic E-state index is -0.335. The molecule has 0 aromatic heterocycles. The van der Waals surface area contributed by atoms with Crippen LogP contribution in [0.5, 0.6) is 5.75 Å². The van der Waals surface area contributed by atoms with Crippen molar-refractivity contribution < 1.29 is 4.74 Å². The average Bonchev–Trinajstić information content (AvgIpc) is 3.23. The van der Waals surface area contributed by atoms with Crippen LogP contribution in [0.3, 0.4) is 0 Å². The summed E-state index contributed by atoms with van der Waals surface area (Å²) in [5.41, 5.74) is 4.61. The normalized spacial score (nSPS) is 22.5. The van der Waals surface area contributed by atoms with E-state index in [4.69, 9.17) is 9.84 Å². The maximum absolute atomic E-state index is 6.72. The fourth-order valence-electron chi connectivity index (χ4n) is 5.24. The zero-order valence-electron chi connectivity index (χ0n) is 17.6. The van der Waals surface area contributed by atoms with Crippen LogP contribution in [0, 0.1) is 6.92 Å². The van der Waals surface area contributed by atoms with Crippen molar-refractivity contribution in [3.8, 4) is 5.75 Å². The van der Waals surface area contributed by atoms with Crippen LogP contribution < -0.4 is 4.74 Å². The molecule has 1 fully saturated rings. The molecule has 1 saturated heterocycles. The Bertz CT molecular complexity index is 1160. The van der Waals surface area contributed by atoms with E-state index in [1.54, 1.807) is 0 Å². The molecule has 4 nitrogen and oxygen atoms in total. The lowest BCUT2D eigenvalue weighted by molar-refractivity contribution is -0.147. The van der Waals surface area contributed by atoms with E-state index >= 15 is 0 Å². The molecule has 152 valence electrons. The lowest BCUT2D eigenvalue weighted by Crippen LogP contribution is -2.58. The number of hydrazone groups is 1. The molecule has 0 radical (unpaired) electrons. The molecule has 0 N–H and O–H groups in total. The van der Waals surface area contributed by atoms with Gasteiger partial charge in [0.2, 0.25) is 5.72 Å². The first kappa shape index (κ1) is 18.0. The van der Waals surface area contributed by atoms with Crippen molar-refractivity contribution in [2.75, 3.05) is 20.1 Å². The maximum Gasteiger partial charge on any atom is 0.200 e. The van der Waals surface area contributed by atoms with Gasteiger partial charge in [-0.2, -0.15) is 5.10 Å². The number of hydrogen-bond donors (Lipinski definition) is 0. The first-order chi connectivity index (χ1) is 14.6. The molecule has 1 atom stereocenters. The molecule has 3 aromatic carbocycles. The number of fused-ring (bicyclic) bond motifs is 5. The zero-order valence-corrected chi connectivity index (χ0v) is 17.6. The molecular weight excluding hydrogens is 370 g/mol. The van der Waals surface area contributed by atoms with Gasteiger partial charge in [-0.15, -0.1) is 0 Å². The highest BCUT2D eigenvalue weighted by Gasteiger charge is 2.51. The van der Waals surface area contributed by atoms with Crippen LogP contribution in [0.1, 0.15) is 42.0 Å². The largest absolute Gasteiger partial charge is 0.466 e. The SMILES string of the molecule is Cc1ccc2c(c1)C1CC(c3ccc4ccccc4c3)=NN1C1(CCN(C)CC1)O2. The molecule has 0 aliphatic carbocycles. The van der Waals surface area contributed by atoms with Crippen molar-refractivity contribution in [3.05, 3.63) is 77.4 Å². The predicted molar refractivity (Wildman–Crippen MR) is 121 cm³/mol.